The first-order valence-corrected chi connectivity index (χ1v) is 6.68. The Morgan fingerprint density at radius 2 is 1.84 bits per heavy atom. The maximum Gasteiger partial charge on any atom is 0.334 e. The lowest BCUT2D eigenvalue weighted by Crippen LogP contribution is -2.43. The van der Waals surface area contributed by atoms with Crippen LogP contribution in [0.2, 0.25) is 0 Å². The minimum absolute atomic E-state index is 0.0457. The van der Waals surface area contributed by atoms with Gasteiger partial charge in [0.05, 0.1) is 13.5 Å². The van der Waals surface area contributed by atoms with Crippen molar-refractivity contribution >= 4 is 11.9 Å². The van der Waals surface area contributed by atoms with Crippen molar-refractivity contribution in [2.45, 2.75) is 50.3 Å². The van der Waals surface area contributed by atoms with Crippen LogP contribution < -0.4 is 0 Å². The molecule has 0 saturated carbocycles. The van der Waals surface area contributed by atoms with Crippen LogP contribution >= 0.6 is 0 Å². The topological polar surface area (TPSA) is 55.8 Å². The average molecular weight is 267 g/mol. The van der Waals surface area contributed by atoms with Gasteiger partial charge in [-0.05, 0) is 19.9 Å². The molecule has 2 saturated heterocycles. The van der Waals surface area contributed by atoms with Gasteiger partial charge in [0.15, 0.2) is 0 Å². The van der Waals surface area contributed by atoms with Gasteiger partial charge >= 0.3 is 11.9 Å². The molecule has 3 atom stereocenters. The Morgan fingerprint density at radius 1 is 1.26 bits per heavy atom. The maximum absolute atomic E-state index is 11.8. The van der Waals surface area contributed by atoms with E-state index in [9.17, 15) is 9.59 Å². The molecule has 2 bridgehead atoms. The summed E-state index contributed by atoms with van der Waals surface area (Å²) in [5, 5.41) is 0. The molecule has 2 aliphatic rings. The van der Waals surface area contributed by atoms with E-state index in [0.717, 1.165) is 12.8 Å². The zero-order valence-corrected chi connectivity index (χ0v) is 11.6. The first-order valence-electron chi connectivity index (χ1n) is 6.68. The maximum atomic E-state index is 11.8. The standard InChI is InChI=1S/C14H21NO4/c1-9(6-13(16)18-3)14(17)19-12-7-10-4-5-11(8-12)15(10)2/h10-12H,1,4-8H2,2-3H3/t10-,11+,12?. The first kappa shape index (κ1) is 14.1. The number of piperidine rings is 1. The summed E-state index contributed by atoms with van der Waals surface area (Å²) >= 11 is 0. The van der Waals surface area contributed by atoms with Gasteiger partial charge in [0.25, 0.3) is 0 Å². The molecule has 0 N–H and O–H groups in total. The van der Waals surface area contributed by atoms with Crippen LogP contribution in [0.1, 0.15) is 32.1 Å². The summed E-state index contributed by atoms with van der Waals surface area (Å²) in [6, 6.07) is 1.04. The highest BCUT2D eigenvalue weighted by Gasteiger charge is 2.40. The van der Waals surface area contributed by atoms with E-state index in [0.29, 0.717) is 12.1 Å². The Morgan fingerprint density at radius 3 is 2.37 bits per heavy atom. The quantitative estimate of drug-likeness (QED) is 0.567. The van der Waals surface area contributed by atoms with Gasteiger partial charge in [-0.2, -0.15) is 0 Å². The number of carbonyl (C=O) groups excluding carboxylic acids is 2. The number of hydrogen-bond acceptors (Lipinski definition) is 5. The van der Waals surface area contributed by atoms with Gasteiger partial charge in [0.2, 0.25) is 0 Å². The van der Waals surface area contributed by atoms with Gasteiger partial charge in [0.1, 0.15) is 6.10 Å². The van der Waals surface area contributed by atoms with Crippen LogP contribution in [0.3, 0.4) is 0 Å². The van der Waals surface area contributed by atoms with Crippen LogP contribution in [0.5, 0.6) is 0 Å². The van der Waals surface area contributed by atoms with E-state index < -0.39 is 11.9 Å². The number of nitrogens with zero attached hydrogens (tertiary/aromatic N) is 1. The van der Waals surface area contributed by atoms with Crippen molar-refractivity contribution in [3.63, 3.8) is 0 Å². The minimum atomic E-state index is -0.473. The smallest absolute Gasteiger partial charge is 0.334 e. The predicted octanol–water partition coefficient (Wildman–Crippen LogP) is 1.27. The third-order valence-electron chi connectivity index (χ3n) is 4.20. The summed E-state index contributed by atoms with van der Waals surface area (Å²) in [6.07, 6.45) is 3.97. The van der Waals surface area contributed by atoms with Crippen LogP contribution in [0, 0.1) is 0 Å². The zero-order chi connectivity index (χ0) is 14.0. The lowest BCUT2D eigenvalue weighted by atomic mass is 10.0. The molecular weight excluding hydrogens is 246 g/mol. The van der Waals surface area contributed by atoms with E-state index in [-0.39, 0.29) is 18.1 Å². The van der Waals surface area contributed by atoms with Crippen molar-refractivity contribution in [3.05, 3.63) is 12.2 Å². The van der Waals surface area contributed by atoms with Gasteiger partial charge < -0.3 is 14.4 Å². The fraction of sp³-hybridized carbons (Fsp3) is 0.714. The normalized spacial score (nSPS) is 29.9. The molecule has 2 aliphatic heterocycles. The Balaban J connectivity index is 1.83. The highest BCUT2D eigenvalue weighted by Crippen LogP contribution is 2.35. The number of carbonyl (C=O) groups is 2. The van der Waals surface area contributed by atoms with Crippen LogP contribution in [0.4, 0.5) is 0 Å². The van der Waals surface area contributed by atoms with Crippen LogP contribution in [0.25, 0.3) is 0 Å². The highest BCUT2D eigenvalue weighted by atomic mass is 16.5. The van der Waals surface area contributed by atoms with Crippen molar-refractivity contribution in [2.75, 3.05) is 14.2 Å². The molecule has 0 aromatic heterocycles. The summed E-state index contributed by atoms with van der Waals surface area (Å²) in [5.41, 5.74) is 0.165. The summed E-state index contributed by atoms with van der Waals surface area (Å²) < 4.78 is 9.96. The second-order valence-electron chi connectivity index (χ2n) is 5.41. The number of hydrogen-bond donors (Lipinski definition) is 0. The first-order chi connectivity index (χ1) is 9.01. The second kappa shape index (κ2) is 5.74. The van der Waals surface area contributed by atoms with Crippen molar-refractivity contribution < 1.29 is 19.1 Å². The third kappa shape index (κ3) is 3.15. The molecular formula is C14H21NO4. The fourth-order valence-electron chi connectivity index (χ4n) is 3.01. The van der Waals surface area contributed by atoms with Crippen molar-refractivity contribution in [2.24, 2.45) is 0 Å². The molecule has 19 heavy (non-hydrogen) atoms. The van der Waals surface area contributed by atoms with Gasteiger partial charge in [-0.1, -0.05) is 6.58 Å². The molecule has 0 radical (unpaired) electrons. The molecule has 1 unspecified atom stereocenters. The van der Waals surface area contributed by atoms with E-state index in [1.54, 1.807) is 0 Å². The molecule has 0 aromatic rings. The molecule has 5 heteroatoms. The Hall–Kier alpha value is -1.36. The van der Waals surface area contributed by atoms with Crippen LogP contribution in [-0.4, -0.2) is 49.2 Å². The summed E-state index contributed by atoms with van der Waals surface area (Å²) in [7, 11) is 3.42. The number of ether oxygens (including phenoxy) is 2. The summed E-state index contributed by atoms with van der Waals surface area (Å²) in [4.78, 5) is 25.3. The number of methoxy groups -OCH3 is 1. The van der Waals surface area contributed by atoms with Gasteiger partial charge in [-0.3, -0.25) is 4.79 Å². The molecule has 2 rings (SSSR count). The molecule has 2 heterocycles. The zero-order valence-electron chi connectivity index (χ0n) is 11.6. The lowest BCUT2D eigenvalue weighted by Gasteiger charge is -2.35. The lowest BCUT2D eigenvalue weighted by molar-refractivity contribution is -0.150. The monoisotopic (exact) mass is 267 g/mol. The van der Waals surface area contributed by atoms with Gasteiger partial charge in [-0.25, -0.2) is 4.79 Å². The highest BCUT2D eigenvalue weighted by molar-refractivity contribution is 5.93. The Bertz CT molecular complexity index is 379. The largest absolute Gasteiger partial charge is 0.469 e. The molecule has 2 fully saturated rings. The SMILES string of the molecule is C=C(CC(=O)OC)C(=O)OC1C[C@H]2CC[C@@H](C1)N2C. The second-order valence-corrected chi connectivity index (χ2v) is 5.41. The predicted molar refractivity (Wildman–Crippen MR) is 69.5 cm³/mol. The van der Waals surface area contributed by atoms with Crippen molar-refractivity contribution in [1.82, 2.24) is 4.90 Å². The van der Waals surface area contributed by atoms with Crippen molar-refractivity contribution in [1.29, 1.82) is 0 Å². The average Bonchev–Trinajstić information content (AvgIpc) is 2.61. The van der Waals surface area contributed by atoms with E-state index >= 15 is 0 Å². The van der Waals surface area contributed by atoms with E-state index in [1.807, 2.05) is 0 Å². The van der Waals surface area contributed by atoms with Crippen molar-refractivity contribution in [3.8, 4) is 0 Å². The Kier molecular flexibility index (Phi) is 4.24. The van der Waals surface area contributed by atoms with E-state index in [1.165, 1.54) is 20.0 Å². The number of fused-ring (bicyclic) bond motifs is 2. The van der Waals surface area contributed by atoms with Crippen LogP contribution in [-0.2, 0) is 19.1 Å². The summed E-state index contributed by atoms with van der Waals surface area (Å²) in [6.45, 7) is 3.59. The molecule has 0 spiro atoms. The van der Waals surface area contributed by atoms with Gasteiger partial charge in [0, 0.05) is 30.5 Å². The van der Waals surface area contributed by atoms with E-state index in [4.69, 9.17) is 4.74 Å². The molecule has 5 nitrogen and oxygen atoms in total. The molecule has 0 aliphatic carbocycles. The Labute approximate surface area is 113 Å². The van der Waals surface area contributed by atoms with E-state index in [2.05, 4.69) is 23.3 Å². The van der Waals surface area contributed by atoms with Crippen LogP contribution in [0.15, 0.2) is 12.2 Å². The molecule has 0 aromatic carbocycles. The number of esters is 2. The third-order valence-corrected chi connectivity index (χ3v) is 4.20. The molecule has 0 amide bonds. The summed E-state index contributed by atoms with van der Waals surface area (Å²) in [5.74, 6) is -0.940. The molecule has 106 valence electrons. The fourth-order valence-corrected chi connectivity index (χ4v) is 3.01. The number of rotatable bonds is 4. The minimum Gasteiger partial charge on any atom is -0.469 e. The van der Waals surface area contributed by atoms with Gasteiger partial charge in [-0.15, -0.1) is 0 Å².